The third-order valence-corrected chi connectivity index (χ3v) is 3.11. The summed E-state index contributed by atoms with van der Waals surface area (Å²) in [7, 11) is 4.89. The van der Waals surface area contributed by atoms with E-state index >= 15 is 0 Å². The van der Waals surface area contributed by atoms with Gasteiger partial charge in [0, 0.05) is 6.04 Å². The van der Waals surface area contributed by atoms with E-state index in [0.29, 0.717) is 0 Å². The van der Waals surface area contributed by atoms with Crippen LogP contribution in [0.25, 0.3) is 0 Å². The third-order valence-electron chi connectivity index (χ3n) is 3.11. The first-order valence-electron chi connectivity index (χ1n) is 6.06. The van der Waals surface area contributed by atoms with Gasteiger partial charge >= 0.3 is 5.97 Å². The lowest BCUT2D eigenvalue weighted by Crippen LogP contribution is -2.31. The first-order chi connectivity index (χ1) is 8.67. The Morgan fingerprint density at radius 2 is 2.11 bits per heavy atom. The molecule has 1 aromatic carbocycles. The fourth-order valence-electron chi connectivity index (χ4n) is 2.12. The van der Waals surface area contributed by atoms with E-state index < -0.39 is 0 Å². The van der Waals surface area contributed by atoms with Gasteiger partial charge in [-0.1, -0.05) is 19.1 Å². The predicted octanol–water partition coefficient (Wildman–Crippen LogP) is 2.15. The van der Waals surface area contributed by atoms with Crippen molar-refractivity contribution in [1.29, 1.82) is 0 Å². The van der Waals surface area contributed by atoms with Crippen molar-refractivity contribution in [3.8, 4) is 5.75 Å². The number of ether oxygens (including phenoxy) is 2. The van der Waals surface area contributed by atoms with E-state index in [4.69, 9.17) is 9.47 Å². The molecule has 100 valence electrons. The van der Waals surface area contributed by atoms with Crippen LogP contribution in [-0.2, 0) is 9.53 Å². The topological polar surface area (TPSA) is 47.6 Å². The average molecular weight is 251 g/mol. The Morgan fingerprint density at radius 1 is 1.39 bits per heavy atom. The summed E-state index contributed by atoms with van der Waals surface area (Å²) >= 11 is 0. The molecule has 4 heteroatoms. The van der Waals surface area contributed by atoms with Crippen LogP contribution in [0.2, 0.25) is 0 Å². The molecule has 0 saturated heterocycles. The van der Waals surface area contributed by atoms with E-state index in [1.54, 1.807) is 7.11 Å². The van der Waals surface area contributed by atoms with Gasteiger partial charge in [-0.25, -0.2) is 0 Å². The molecule has 0 aliphatic carbocycles. The number of hydrogen-bond donors (Lipinski definition) is 1. The monoisotopic (exact) mass is 251 g/mol. The predicted molar refractivity (Wildman–Crippen MR) is 70.6 cm³/mol. The SMILES string of the molecule is CCC(C(=O)OC)C(NC)c1cccc(OC)c1. The van der Waals surface area contributed by atoms with Crippen LogP contribution < -0.4 is 10.1 Å². The molecule has 2 atom stereocenters. The molecule has 4 nitrogen and oxygen atoms in total. The number of carbonyl (C=O) groups is 1. The Hall–Kier alpha value is -1.55. The smallest absolute Gasteiger partial charge is 0.310 e. The molecule has 0 fully saturated rings. The Balaban J connectivity index is 3.02. The maximum absolute atomic E-state index is 11.8. The minimum absolute atomic E-state index is 0.0717. The second-order valence-electron chi connectivity index (χ2n) is 4.08. The maximum atomic E-state index is 11.8. The molecule has 1 rings (SSSR count). The van der Waals surface area contributed by atoms with Crippen LogP contribution >= 0.6 is 0 Å². The lowest BCUT2D eigenvalue weighted by atomic mass is 9.91. The van der Waals surface area contributed by atoms with E-state index in [0.717, 1.165) is 17.7 Å². The van der Waals surface area contributed by atoms with Crippen molar-refractivity contribution in [2.24, 2.45) is 5.92 Å². The van der Waals surface area contributed by atoms with E-state index in [2.05, 4.69) is 5.32 Å². The maximum Gasteiger partial charge on any atom is 0.310 e. The van der Waals surface area contributed by atoms with Gasteiger partial charge in [-0.3, -0.25) is 4.79 Å². The summed E-state index contributed by atoms with van der Waals surface area (Å²) in [6.45, 7) is 1.98. The van der Waals surface area contributed by atoms with Gasteiger partial charge in [0.25, 0.3) is 0 Å². The fraction of sp³-hybridized carbons (Fsp3) is 0.500. The molecule has 1 N–H and O–H groups in total. The number of carbonyl (C=O) groups excluding carboxylic acids is 1. The Labute approximate surface area is 108 Å². The van der Waals surface area contributed by atoms with Crippen LogP contribution in [0.5, 0.6) is 5.75 Å². The standard InChI is InChI=1S/C14H21NO3/c1-5-12(14(16)18-4)13(15-2)10-7-6-8-11(9-10)17-3/h6-9,12-13,15H,5H2,1-4H3. The lowest BCUT2D eigenvalue weighted by Gasteiger charge is -2.24. The first-order valence-corrected chi connectivity index (χ1v) is 6.06. The summed E-state index contributed by atoms with van der Waals surface area (Å²) in [4.78, 5) is 11.8. The zero-order valence-corrected chi connectivity index (χ0v) is 11.4. The van der Waals surface area contributed by atoms with Gasteiger partial charge in [0.1, 0.15) is 5.75 Å². The Bertz CT molecular complexity index is 392. The molecule has 18 heavy (non-hydrogen) atoms. The number of hydrogen-bond acceptors (Lipinski definition) is 4. The van der Waals surface area contributed by atoms with Crippen LogP contribution in [0.4, 0.5) is 0 Å². The lowest BCUT2D eigenvalue weighted by molar-refractivity contribution is -0.146. The summed E-state index contributed by atoms with van der Waals surface area (Å²) in [6.07, 6.45) is 0.718. The highest BCUT2D eigenvalue weighted by Gasteiger charge is 2.27. The van der Waals surface area contributed by atoms with Gasteiger partial charge in [-0.05, 0) is 31.2 Å². The van der Waals surface area contributed by atoms with E-state index in [1.165, 1.54) is 7.11 Å². The highest BCUT2D eigenvalue weighted by atomic mass is 16.5. The molecule has 0 radical (unpaired) electrons. The second kappa shape index (κ2) is 7.01. The van der Waals surface area contributed by atoms with E-state index in [-0.39, 0.29) is 17.9 Å². The van der Waals surface area contributed by atoms with Crippen molar-refractivity contribution in [3.05, 3.63) is 29.8 Å². The van der Waals surface area contributed by atoms with Gasteiger partial charge in [0.2, 0.25) is 0 Å². The molecule has 0 aliphatic rings. The largest absolute Gasteiger partial charge is 0.497 e. The van der Waals surface area contributed by atoms with Gasteiger partial charge in [0.15, 0.2) is 0 Å². The van der Waals surface area contributed by atoms with Crippen molar-refractivity contribution in [2.45, 2.75) is 19.4 Å². The zero-order chi connectivity index (χ0) is 13.5. The van der Waals surface area contributed by atoms with Crippen molar-refractivity contribution < 1.29 is 14.3 Å². The molecule has 0 heterocycles. The van der Waals surface area contributed by atoms with Gasteiger partial charge < -0.3 is 14.8 Å². The summed E-state index contributed by atoms with van der Waals surface area (Å²) in [5.74, 6) is 0.388. The van der Waals surface area contributed by atoms with Crippen LogP contribution in [0.3, 0.4) is 0 Å². The Morgan fingerprint density at radius 3 is 2.61 bits per heavy atom. The molecular formula is C14H21NO3. The number of benzene rings is 1. The quantitative estimate of drug-likeness (QED) is 0.787. The molecule has 0 aliphatic heterocycles. The highest BCUT2D eigenvalue weighted by molar-refractivity contribution is 5.73. The molecular weight excluding hydrogens is 230 g/mol. The average Bonchev–Trinajstić information content (AvgIpc) is 2.43. The van der Waals surface area contributed by atoms with Gasteiger partial charge in [-0.2, -0.15) is 0 Å². The molecule has 0 aromatic heterocycles. The number of nitrogens with one attached hydrogen (secondary N) is 1. The van der Waals surface area contributed by atoms with Crippen LogP contribution in [0.15, 0.2) is 24.3 Å². The van der Waals surface area contributed by atoms with Gasteiger partial charge in [0.05, 0.1) is 20.1 Å². The summed E-state index contributed by atoms with van der Waals surface area (Å²) < 4.78 is 10.1. The normalized spacial score (nSPS) is 13.8. The summed E-state index contributed by atoms with van der Waals surface area (Å²) in [5.41, 5.74) is 1.02. The van der Waals surface area contributed by atoms with Crippen molar-refractivity contribution in [2.75, 3.05) is 21.3 Å². The van der Waals surface area contributed by atoms with Crippen molar-refractivity contribution >= 4 is 5.97 Å². The van der Waals surface area contributed by atoms with E-state index in [9.17, 15) is 4.79 Å². The Kier molecular flexibility index (Phi) is 5.65. The number of methoxy groups -OCH3 is 2. The van der Waals surface area contributed by atoms with E-state index in [1.807, 2.05) is 38.2 Å². The third kappa shape index (κ3) is 3.23. The van der Waals surface area contributed by atoms with Gasteiger partial charge in [-0.15, -0.1) is 0 Å². The number of rotatable bonds is 6. The zero-order valence-electron chi connectivity index (χ0n) is 11.4. The highest BCUT2D eigenvalue weighted by Crippen LogP contribution is 2.27. The number of esters is 1. The van der Waals surface area contributed by atoms with Crippen LogP contribution in [-0.4, -0.2) is 27.2 Å². The van der Waals surface area contributed by atoms with Crippen LogP contribution in [0, 0.1) is 5.92 Å². The minimum atomic E-state index is -0.202. The molecule has 1 aromatic rings. The molecule has 0 bridgehead atoms. The minimum Gasteiger partial charge on any atom is -0.497 e. The van der Waals surface area contributed by atoms with Crippen LogP contribution in [0.1, 0.15) is 24.9 Å². The van der Waals surface area contributed by atoms with Crippen molar-refractivity contribution in [3.63, 3.8) is 0 Å². The molecule has 0 saturated carbocycles. The molecule has 0 spiro atoms. The summed E-state index contributed by atoms with van der Waals surface area (Å²) in [5, 5.41) is 3.18. The van der Waals surface area contributed by atoms with Crippen molar-refractivity contribution in [1.82, 2.24) is 5.32 Å². The molecule has 2 unspecified atom stereocenters. The second-order valence-corrected chi connectivity index (χ2v) is 4.08. The summed E-state index contributed by atoms with van der Waals surface area (Å²) in [6, 6.07) is 7.65. The molecule has 0 amide bonds. The first kappa shape index (κ1) is 14.5. The fourth-order valence-corrected chi connectivity index (χ4v) is 2.12.